The minimum Gasteiger partial charge on any atom is -0.481 e. The monoisotopic (exact) mass is 271 g/mol. The maximum Gasteiger partial charge on any atom is 0.253 e. The number of anilines is 1. The summed E-state index contributed by atoms with van der Waals surface area (Å²) in [6.45, 7) is 0.424. The summed E-state index contributed by atoms with van der Waals surface area (Å²) in [5.41, 5.74) is 2.34. The molecule has 2 N–H and O–H groups in total. The molecular weight excluding hydrogens is 254 g/mol. The van der Waals surface area contributed by atoms with Crippen molar-refractivity contribution in [1.82, 2.24) is 10.3 Å². The summed E-state index contributed by atoms with van der Waals surface area (Å²) in [5, 5.41) is 5.87. The van der Waals surface area contributed by atoms with Gasteiger partial charge in [-0.1, -0.05) is 18.2 Å². The number of ether oxygens (including phenoxy) is 1. The van der Waals surface area contributed by atoms with Gasteiger partial charge in [0.05, 0.1) is 12.7 Å². The standard InChI is InChI=1S/C15H17N3O2/c1-16-13-6-4-3-5-12(13)15(19)18-10-11-7-8-14(20-2)17-9-11/h3-9,16H,10H2,1-2H3,(H,18,19). The highest BCUT2D eigenvalue weighted by Gasteiger charge is 2.09. The molecule has 20 heavy (non-hydrogen) atoms. The number of benzene rings is 1. The van der Waals surface area contributed by atoms with Gasteiger partial charge in [0, 0.05) is 31.5 Å². The van der Waals surface area contributed by atoms with Crippen LogP contribution >= 0.6 is 0 Å². The molecule has 0 bridgehead atoms. The van der Waals surface area contributed by atoms with Crippen LogP contribution in [0.25, 0.3) is 0 Å². The highest BCUT2D eigenvalue weighted by molar-refractivity contribution is 5.99. The Kier molecular flexibility index (Phi) is 4.55. The molecule has 5 nitrogen and oxygen atoms in total. The zero-order valence-corrected chi connectivity index (χ0v) is 11.5. The number of methoxy groups -OCH3 is 1. The molecule has 0 radical (unpaired) electrons. The van der Waals surface area contributed by atoms with Gasteiger partial charge in [0.15, 0.2) is 0 Å². The Hall–Kier alpha value is -2.56. The molecule has 2 rings (SSSR count). The number of hydrogen-bond acceptors (Lipinski definition) is 4. The van der Waals surface area contributed by atoms with Crippen molar-refractivity contribution in [2.45, 2.75) is 6.54 Å². The van der Waals surface area contributed by atoms with Crippen LogP contribution < -0.4 is 15.4 Å². The van der Waals surface area contributed by atoms with E-state index >= 15 is 0 Å². The van der Waals surface area contributed by atoms with Crippen molar-refractivity contribution >= 4 is 11.6 Å². The van der Waals surface area contributed by atoms with Crippen molar-refractivity contribution in [3.63, 3.8) is 0 Å². The molecule has 0 atom stereocenters. The number of carbonyl (C=O) groups is 1. The summed E-state index contributed by atoms with van der Waals surface area (Å²) < 4.78 is 4.99. The largest absolute Gasteiger partial charge is 0.481 e. The van der Waals surface area contributed by atoms with Gasteiger partial charge in [-0.2, -0.15) is 0 Å². The zero-order chi connectivity index (χ0) is 14.4. The predicted octanol–water partition coefficient (Wildman–Crippen LogP) is 2.06. The number of carbonyl (C=O) groups excluding carboxylic acids is 1. The van der Waals surface area contributed by atoms with Gasteiger partial charge >= 0.3 is 0 Å². The Morgan fingerprint density at radius 3 is 2.70 bits per heavy atom. The lowest BCUT2D eigenvalue weighted by Crippen LogP contribution is -2.23. The molecule has 2 aromatic rings. The Bertz CT molecular complexity index is 582. The van der Waals surface area contributed by atoms with E-state index in [0.717, 1.165) is 11.3 Å². The highest BCUT2D eigenvalue weighted by Crippen LogP contribution is 2.14. The van der Waals surface area contributed by atoms with E-state index in [1.807, 2.05) is 24.3 Å². The van der Waals surface area contributed by atoms with E-state index < -0.39 is 0 Å². The first-order valence-electron chi connectivity index (χ1n) is 6.28. The lowest BCUT2D eigenvalue weighted by atomic mass is 10.1. The normalized spacial score (nSPS) is 9.90. The molecule has 0 spiro atoms. The summed E-state index contributed by atoms with van der Waals surface area (Å²) in [5.74, 6) is 0.436. The number of para-hydroxylation sites is 1. The van der Waals surface area contributed by atoms with Crippen molar-refractivity contribution < 1.29 is 9.53 Å². The van der Waals surface area contributed by atoms with Crippen LogP contribution in [-0.2, 0) is 6.54 Å². The van der Waals surface area contributed by atoms with E-state index in [0.29, 0.717) is 18.0 Å². The summed E-state index contributed by atoms with van der Waals surface area (Å²) >= 11 is 0. The fourth-order valence-corrected chi connectivity index (χ4v) is 1.81. The van der Waals surface area contributed by atoms with E-state index in [1.54, 1.807) is 32.5 Å². The third-order valence-electron chi connectivity index (χ3n) is 2.90. The smallest absolute Gasteiger partial charge is 0.253 e. The molecular formula is C15H17N3O2. The van der Waals surface area contributed by atoms with Crippen LogP contribution in [0.5, 0.6) is 5.88 Å². The minimum atomic E-state index is -0.120. The number of amides is 1. The Morgan fingerprint density at radius 1 is 1.25 bits per heavy atom. The Labute approximate surface area is 118 Å². The first kappa shape index (κ1) is 13.9. The van der Waals surface area contributed by atoms with Crippen molar-refractivity contribution in [1.29, 1.82) is 0 Å². The van der Waals surface area contributed by atoms with Crippen LogP contribution in [0.1, 0.15) is 15.9 Å². The summed E-state index contributed by atoms with van der Waals surface area (Å²) in [4.78, 5) is 16.2. The van der Waals surface area contributed by atoms with Gasteiger partial charge in [0.25, 0.3) is 5.91 Å². The van der Waals surface area contributed by atoms with Crippen LogP contribution in [0.4, 0.5) is 5.69 Å². The van der Waals surface area contributed by atoms with Gasteiger partial charge in [0.2, 0.25) is 5.88 Å². The Morgan fingerprint density at radius 2 is 2.05 bits per heavy atom. The molecule has 0 aliphatic carbocycles. The van der Waals surface area contributed by atoms with Gasteiger partial charge in [-0.05, 0) is 17.7 Å². The molecule has 0 unspecified atom stereocenters. The number of pyridine rings is 1. The van der Waals surface area contributed by atoms with Crippen LogP contribution in [0.2, 0.25) is 0 Å². The summed E-state index contributed by atoms with van der Waals surface area (Å²) in [7, 11) is 3.36. The van der Waals surface area contributed by atoms with Crippen molar-refractivity contribution in [3.8, 4) is 5.88 Å². The summed E-state index contributed by atoms with van der Waals surface area (Å²) in [6.07, 6.45) is 1.68. The van der Waals surface area contributed by atoms with Crippen LogP contribution in [0, 0.1) is 0 Å². The molecule has 5 heteroatoms. The van der Waals surface area contributed by atoms with Gasteiger partial charge in [0.1, 0.15) is 0 Å². The number of nitrogens with one attached hydrogen (secondary N) is 2. The molecule has 1 aromatic heterocycles. The zero-order valence-electron chi connectivity index (χ0n) is 11.5. The number of hydrogen-bond donors (Lipinski definition) is 2. The number of aromatic nitrogens is 1. The molecule has 0 fully saturated rings. The maximum absolute atomic E-state index is 12.1. The first-order chi connectivity index (χ1) is 9.74. The van der Waals surface area contributed by atoms with E-state index in [-0.39, 0.29) is 5.91 Å². The topological polar surface area (TPSA) is 63.2 Å². The second kappa shape index (κ2) is 6.56. The van der Waals surface area contributed by atoms with Gasteiger partial charge in [-0.15, -0.1) is 0 Å². The Balaban J connectivity index is 2.01. The average molecular weight is 271 g/mol. The fourth-order valence-electron chi connectivity index (χ4n) is 1.81. The van der Waals surface area contributed by atoms with Gasteiger partial charge < -0.3 is 15.4 Å². The lowest BCUT2D eigenvalue weighted by Gasteiger charge is -2.09. The second-order valence-corrected chi connectivity index (χ2v) is 4.19. The molecule has 1 amide bonds. The third kappa shape index (κ3) is 3.26. The number of nitrogens with zero attached hydrogens (tertiary/aromatic N) is 1. The van der Waals surface area contributed by atoms with E-state index in [1.165, 1.54) is 0 Å². The quantitative estimate of drug-likeness (QED) is 0.873. The fraction of sp³-hybridized carbons (Fsp3) is 0.200. The van der Waals surface area contributed by atoms with E-state index in [9.17, 15) is 4.79 Å². The second-order valence-electron chi connectivity index (χ2n) is 4.19. The van der Waals surface area contributed by atoms with Crippen LogP contribution in [-0.4, -0.2) is 25.0 Å². The van der Waals surface area contributed by atoms with E-state index in [2.05, 4.69) is 15.6 Å². The SMILES string of the molecule is CNc1ccccc1C(=O)NCc1ccc(OC)nc1. The molecule has 104 valence electrons. The highest BCUT2D eigenvalue weighted by atomic mass is 16.5. The first-order valence-corrected chi connectivity index (χ1v) is 6.28. The van der Waals surface area contributed by atoms with Crippen molar-refractivity contribution in [2.24, 2.45) is 0 Å². The minimum absolute atomic E-state index is 0.120. The summed E-state index contributed by atoms with van der Waals surface area (Å²) in [6, 6.07) is 11.0. The van der Waals surface area contributed by atoms with Gasteiger partial charge in [-0.25, -0.2) is 4.98 Å². The third-order valence-corrected chi connectivity index (χ3v) is 2.90. The molecule has 0 saturated heterocycles. The average Bonchev–Trinajstić information content (AvgIpc) is 2.53. The van der Waals surface area contributed by atoms with Crippen LogP contribution in [0.3, 0.4) is 0 Å². The predicted molar refractivity (Wildman–Crippen MR) is 77.9 cm³/mol. The van der Waals surface area contributed by atoms with E-state index in [4.69, 9.17) is 4.74 Å². The van der Waals surface area contributed by atoms with Crippen molar-refractivity contribution in [2.75, 3.05) is 19.5 Å². The molecule has 0 aliphatic heterocycles. The molecule has 0 saturated carbocycles. The molecule has 0 aliphatic rings. The molecule has 1 aromatic carbocycles. The number of rotatable bonds is 5. The van der Waals surface area contributed by atoms with Gasteiger partial charge in [-0.3, -0.25) is 4.79 Å². The lowest BCUT2D eigenvalue weighted by molar-refractivity contribution is 0.0951. The van der Waals surface area contributed by atoms with Crippen LogP contribution in [0.15, 0.2) is 42.6 Å². The van der Waals surface area contributed by atoms with Crippen molar-refractivity contribution in [3.05, 3.63) is 53.7 Å². The maximum atomic E-state index is 12.1. The molecule has 1 heterocycles.